The van der Waals surface area contributed by atoms with Gasteiger partial charge in [0.15, 0.2) is 0 Å². The molecule has 0 fully saturated rings. The first kappa shape index (κ1) is 12.9. The highest BCUT2D eigenvalue weighted by Crippen LogP contribution is 2.19. The summed E-state index contributed by atoms with van der Waals surface area (Å²) in [7, 11) is 0. The summed E-state index contributed by atoms with van der Waals surface area (Å²) in [4.78, 5) is 11.4. The predicted octanol–water partition coefficient (Wildman–Crippen LogP) is 3.66. The fourth-order valence-electron chi connectivity index (χ4n) is 2.84. The van der Waals surface area contributed by atoms with Gasteiger partial charge >= 0.3 is 5.97 Å². The van der Waals surface area contributed by atoms with E-state index in [4.69, 9.17) is 0 Å². The lowest BCUT2D eigenvalue weighted by atomic mass is 9.97. The summed E-state index contributed by atoms with van der Waals surface area (Å²) in [5.74, 6) is -0.809. The Balaban J connectivity index is 1.98. The number of hydrogen-bond acceptors (Lipinski definition) is 1. The van der Waals surface area contributed by atoms with Gasteiger partial charge in [0.1, 0.15) is 0 Å². The third-order valence-electron chi connectivity index (χ3n) is 4.04. The average molecular weight is 266 g/mol. The van der Waals surface area contributed by atoms with Crippen LogP contribution in [0.5, 0.6) is 0 Å². The Kier molecular flexibility index (Phi) is 3.55. The topological polar surface area (TPSA) is 37.3 Å². The number of benzene rings is 2. The molecule has 20 heavy (non-hydrogen) atoms. The number of hydrogen-bond donors (Lipinski definition) is 1. The first-order valence-corrected chi connectivity index (χ1v) is 7.15. The van der Waals surface area contributed by atoms with E-state index in [1.165, 1.54) is 11.1 Å². The maximum Gasteiger partial charge on any atom is 0.335 e. The summed E-state index contributed by atoms with van der Waals surface area (Å²) in [6.07, 6.45) is 4.66. The van der Waals surface area contributed by atoms with E-state index in [-0.39, 0.29) is 0 Å². The van der Waals surface area contributed by atoms with Crippen LogP contribution in [0.1, 0.15) is 39.0 Å². The fraction of sp³-hybridized carbons (Fsp3) is 0.278. The molecule has 102 valence electrons. The summed E-state index contributed by atoms with van der Waals surface area (Å²) in [5, 5.41) is 9.37. The van der Waals surface area contributed by atoms with Crippen LogP contribution in [0.3, 0.4) is 0 Å². The minimum Gasteiger partial charge on any atom is -0.478 e. The van der Waals surface area contributed by atoms with Gasteiger partial charge in [0, 0.05) is 0 Å². The van der Waals surface area contributed by atoms with E-state index in [0.717, 1.165) is 43.2 Å². The zero-order chi connectivity index (χ0) is 13.9. The van der Waals surface area contributed by atoms with Gasteiger partial charge in [-0.15, -0.1) is 0 Å². The van der Waals surface area contributed by atoms with Crippen molar-refractivity contribution in [3.05, 3.63) is 70.3 Å². The largest absolute Gasteiger partial charge is 0.478 e. The monoisotopic (exact) mass is 266 g/mol. The SMILES string of the molecule is O=C(O)c1cc2ccc1CCCc1ccc(cc1)CC2. The predicted molar refractivity (Wildman–Crippen MR) is 79.3 cm³/mol. The molecule has 0 saturated carbocycles. The third-order valence-corrected chi connectivity index (χ3v) is 4.04. The Morgan fingerprint density at radius 3 is 2.10 bits per heavy atom. The van der Waals surface area contributed by atoms with Gasteiger partial charge in [-0.1, -0.05) is 36.4 Å². The molecule has 2 aromatic carbocycles. The number of rotatable bonds is 1. The van der Waals surface area contributed by atoms with Crippen molar-refractivity contribution < 1.29 is 9.90 Å². The molecule has 0 amide bonds. The van der Waals surface area contributed by atoms with Gasteiger partial charge in [0.05, 0.1) is 5.56 Å². The van der Waals surface area contributed by atoms with Crippen molar-refractivity contribution in [2.45, 2.75) is 32.1 Å². The first-order valence-electron chi connectivity index (χ1n) is 7.15. The Morgan fingerprint density at radius 2 is 1.40 bits per heavy atom. The maximum absolute atomic E-state index is 11.4. The normalized spacial score (nSPS) is 14.4. The first-order chi connectivity index (χ1) is 9.72. The van der Waals surface area contributed by atoms with E-state index in [9.17, 15) is 9.90 Å². The lowest BCUT2D eigenvalue weighted by Gasteiger charge is -2.08. The zero-order valence-corrected chi connectivity index (χ0v) is 11.4. The lowest BCUT2D eigenvalue weighted by molar-refractivity contribution is 0.0695. The maximum atomic E-state index is 11.4. The van der Waals surface area contributed by atoms with Gasteiger partial charge in [-0.2, -0.15) is 0 Å². The highest BCUT2D eigenvalue weighted by atomic mass is 16.4. The molecule has 0 heterocycles. The molecule has 2 aromatic rings. The molecule has 0 radical (unpaired) electrons. The Labute approximate surface area is 119 Å². The molecule has 4 aliphatic carbocycles. The van der Waals surface area contributed by atoms with Gasteiger partial charge < -0.3 is 5.11 Å². The Morgan fingerprint density at radius 1 is 0.800 bits per heavy atom. The molecular formula is C18H18O2. The highest BCUT2D eigenvalue weighted by molar-refractivity contribution is 5.89. The molecule has 0 aromatic heterocycles. The third kappa shape index (κ3) is 2.74. The number of aryl methyl sites for hydroxylation is 4. The molecule has 2 nitrogen and oxygen atoms in total. The molecule has 0 spiro atoms. The summed E-state index contributed by atoms with van der Waals surface area (Å²) in [6, 6.07) is 14.7. The zero-order valence-electron chi connectivity index (χ0n) is 11.4. The fourth-order valence-corrected chi connectivity index (χ4v) is 2.84. The van der Waals surface area contributed by atoms with Gasteiger partial charge in [-0.05, 0) is 60.4 Å². The molecule has 2 heteroatoms. The second-order valence-electron chi connectivity index (χ2n) is 5.47. The van der Waals surface area contributed by atoms with E-state index in [0.29, 0.717) is 5.56 Å². The van der Waals surface area contributed by atoms with Crippen LogP contribution < -0.4 is 0 Å². The second-order valence-corrected chi connectivity index (χ2v) is 5.47. The minimum absolute atomic E-state index is 0.477. The van der Waals surface area contributed by atoms with E-state index >= 15 is 0 Å². The lowest BCUT2D eigenvalue weighted by Crippen LogP contribution is -2.04. The molecular weight excluding hydrogens is 248 g/mol. The van der Waals surface area contributed by atoms with Gasteiger partial charge in [-0.3, -0.25) is 0 Å². The molecule has 1 N–H and O–H groups in total. The summed E-state index contributed by atoms with van der Waals surface area (Å²) in [5.41, 5.74) is 5.19. The van der Waals surface area contributed by atoms with Crippen molar-refractivity contribution in [2.75, 3.05) is 0 Å². The van der Waals surface area contributed by atoms with Crippen LogP contribution in [0.4, 0.5) is 0 Å². The van der Waals surface area contributed by atoms with Gasteiger partial charge in [0.25, 0.3) is 0 Å². The van der Waals surface area contributed by atoms with Gasteiger partial charge in [0.2, 0.25) is 0 Å². The van der Waals surface area contributed by atoms with Crippen LogP contribution in [-0.4, -0.2) is 11.1 Å². The molecule has 0 saturated heterocycles. The van der Waals surface area contributed by atoms with Crippen molar-refractivity contribution in [1.29, 1.82) is 0 Å². The Bertz CT molecular complexity index is 626. The van der Waals surface area contributed by atoms with E-state index < -0.39 is 5.97 Å². The molecule has 0 aliphatic heterocycles. The number of carbonyl (C=O) groups is 1. The molecule has 0 atom stereocenters. The second kappa shape index (κ2) is 5.49. The van der Waals surface area contributed by atoms with Crippen molar-refractivity contribution in [3.8, 4) is 0 Å². The number of carboxylic acids is 1. The van der Waals surface area contributed by atoms with Crippen LogP contribution >= 0.6 is 0 Å². The van der Waals surface area contributed by atoms with Crippen molar-refractivity contribution in [2.24, 2.45) is 0 Å². The smallest absolute Gasteiger partial charge is 0.335 e. The highest BCUT2D eigenvalue weighted by Gasteiger charge is 2.12. The standard InChI is InChI=1S/C18H18O2/c19-18(20)17-12-15-9-8-14-6-4-13(5-7-14)2-1-3-16(17)11-10-15/h4-7,10-12H,1-3,8-9H2,(H,19,20). The number of aromatic carboxylic acids is 1. The van der Waals surface area contributed by atoms with Crippen molar-refractivity contribution in [3.63, 3.8) is 0 Å². The molecule has 0 unspecified atom stereocenters. The summed E-state index contributed by atoms with van der Waals surface area (Å²) in [6.45, 7) is 0. The van der Waals surface area contributed by atoms with Crippen LogP contribution in [0.2, 0.25) is 0 Å². The average Bonchev–Trinajstić information content (AvgIpc) is 2.50. The van der Waals surface area contributed by atoms with Crippen LogP contribution in [0, 0.1) is 0 Å². The van der Waals surface area contributed by atoms with E-state index in [1.54, 1.807) is 0 Å². The summed E-state index contributed by atoms with van der Waals surface area (Å²) >= 11 is 0. The van der Waals surface area contributed by atoms with Crippen molar-refractivity contribution >= 4 is 5.97 Å². The van der Waals surface area contributed by atoms with E-state index in [2.05, 4.69) is 30.3 Å². The summed E-state index contributed by atoms with van der Waals surface area (Å²) < 4.78 is 0. The van der Waals surface area contributed by atoms with E-state index in [1.807, 2.05) is 12.1 Å². The molecule has 6 rings (SSSR count). The molecule has 4 aliphatic rings. The number of carboxylic acid groups (broad SMARTS) is 1. The van der Waals surface area contributed by atoms with Gasteiger partial charge in [-0.25, -0.2) is 4.79 Å². The van der Waals surface area contributed by atoms with Crippen LogP contribution in [0.15, 0.2) is 42.5 Å². The van der Waals surface area contributed by atoms with Crippen LogP contribution in [-0.2, 0) is 25.7 Å². The quantitative estimate of drug-likeness (QED) is 0.855. The van der Waals surface area contributed by atoms with Crippen molar-refractivity contribution in [1.82, 2.24) is 0 Å². The Hall–Kier alpha value is -2.09. The van der Waals surface area contributed by atoms with Crippen LogP contribution in [0.25, 0.3) is 0 Å². The minimum atomic E-state index is -0.809. The molecule has 4 bridgehead atoms.